The molecule has 10 nitrogen and oxygen atoms in total. The molecule has 0 saturated heterocycles. The van der Waals surface area contributed by atoms with Gasteiger partial charge >= 0.3 is 5.69 Å². The third kappa shape index (κ3) is 2.48. The van der Waals surface area contributed by atoms with E-state index in [1.54, 1.807) is 34.3 Å². The molecule has 0 spiro atoms. The van der Waals surface area contributed by atoms with Crippen molar-refractivity contribution in [3.63, 3.8) is 0 Å². The molecule has 0 fully saturated rings. The van der Waals surface area contributed by atoms with E-state index in [0.717, 1.165) is 17.5 Å². The van der Waals surface area contributed by atoms with Gasteiger partial charge in [-0.1, -0.05) is 0 Å². The van der Waals surface area contributed by atoms with Crippen LogP contribution in [0, 0.1) is 0 Å². The highest BCUT2D eigenvalue weighted by Gasteiger charge is 2.21. The fraction of sp³-hybridized carbons (Fsp3) is 0.389. The van der Waals surface area contributed by atoms with Crippen LogP contribution in [0.1, 0.15) is 6.42 Å². The van der Waals surface area contributed by atoms with E-state index in [2.05, 4.69) is 9.97 Å². The molecular weight excluding hydrogens is 362 g/mol. The highest BCUT2D eigenvalue weighted by molar-refractivity contribution is 5.85. The lowest BCUT2D eigenvalue weighted by molar-refractivity contribution is 0.386. The number of rotatable bonds is 4. The lowest BCUT2D eigenvalue weighted by Crippen LogP contribution is -2.37. The maximum atomic E-state index is 13.1. The quantitative estimate of drug-likeness (QED) is 0.473. The summed E-state index contributed by atoms with van der Waals surface area (Å²) in [5.41, 5.74) is -0.358. The highest BCUT2D eigenvalue weighted by Crippen LogP contribution is 2.17. The summed E-state index contributed by atoms with van der Waals surface area (Å²) in [4.78, 5) is 49.2. The first-order chi connectivity index (χ1) is 13.3. The lowest BCUT2D eigenvalue weighted by Gasteiger charge is -2.12. The summed E-state index contributed by atoms with van der Waals surface area (Å²) in [6, 6.07) is 3.37. The minimum absolute atomic E-state index is 0.216. The van der Waals surface area contributed by atoms with E-state index in [0.29, 0.717) is 23.4 Å². The Morgan fingerprint density at radius 1 is 1.04 bits per heavy atom. The van der Waals surface area contributed by atoms with Crippen molar-refractivity contribution in [1.29, 1.82) is 0 Å². The van der Waals surface area contributed by atoms with E-state index < -0.39 is 11.2 Å². The molecule has 0 saturated carbocycles. The Bertz CT molecular complexity index is 1400. The number of hydrogen-bond acceptors (Lipinski definition) is 6. The van der Waals surface area contributed by atoms with Gasteiger partial charge in [0.25, 0.3) is 11.1 Å². The van der Waals surface area contributed by atoms with Gasteiger partial charge in [0.05, 0.1) is 5.39 Å². The molecule has 0 atom stereocenters. The molecule has 0 aliphatic heterocycles. The summed E-state index contributed by atoms with van der Waals surface area (Å²) in [5.74, 6) is 0.309. The number of aryl methyl sites for hydroxylation is 2. The van der Waals surface area contributed by atoms with E-state index in [1.807, 2.05) is 19.0 Å². The number of pyridine rings is 1. The Morgan fingerprint density at radius 2 is 1.79 bits per heavy atom. The molecule has 0 aliphatic rings. The Kier molecular flexibility index (Phi) is 4.15. The molecule has 0 aromatic carbocycles. The zero-order valence-corrected chi connectivity index (χ0v) is 16.2. The van der Waals surface area contributed by atoms with Gasteiger partial charge in [0.1, 0.15) is 0 Å². The fourth-order valence-corrected chi connectivity index (χ4v) is 3.49. The van der Waals surface area contributed by atoms with Crippen LogP contribution in [0.2, 0.25) is 0 Å². The lowest BCUT2D eigenvalue weighted by atomic mass is 10.3. The van der Waals surface area contributed by atoms with Crippen LogP contribution in [-0.4, -0.2) is 53.6 Å². The number of hydrogen-bond donors (Lipinski definition) is 0. The highest BCUT2D eigenvalue weighted by atomic mass is 16.2. The Morgan fingerprint density at radius 3 is 2.50 bits per heavy atom. The summed E-state index contributed by atoms with van der Waals surface area (Å²) < 4.78 is 5.49. The minimum atomic E-state index is -0.476. The predicted molar refractivity (Wildman–Crippen MR) is 106 cm³/mol. The van der Waals surface area contributed by atoms with Crippen LogP contribution in [0.4, 0.5) is 0 Å². The van der Waals surface area contributed by atoms with Crippen molar-refractivity contribution in [1.82, 2.24) is 33.0 Å². The SMILES string of the molecule is CN(C)CCCn1c(=O)c2cccnc2n2c3c(=O)n(C)c(=O)n(C)c3nc12. The molecule has 146 valence electrons. The minimum Gasteiger partial charge on any atom is -0.309 e. The summed E-state index contributed by atoms with van der Waals surface area (Å²) in [6.45, 7) is 1.23. The van der Waals surface area contributed by atoms with Crippen LogP contribution < -0.4 is 16.8 Å². The van der Waals surface area contributed by atoms with Crippen molar-refractivity contribution < 1.29 is 0 Å². The van der Waals surface area contributed by atoms with Crippen LogP contribution in [-0.2, 0) is 20.6 Å². The van der Waals surface area contributed by atoms with E-state index in [1.165, 1.54) is 11.6 Å². The molecule has 0 bridgehead atoms. The third-order valence-corrected chi connectivity index (χ3v) is 4.94. The number of imidazole rings is 1. The smallest absolute Gasteiger partial charge is 0.309 e. The first-order valence-corrected chi connectivity index (χ1v) is 8.93. The van der Waals surface area contributed by atoms with Crippen molar-refractivity contribution in [3.05, 3.63) is 49.5 Å². The monoisotopic (exact) mass is 383 g/mol. The molecule has 10 heteroatoms. The Labute approximate surface area is 158 Å². The first kappa shape index (κ1) is 18.1. The second kappa shape index (κ2) is 6.41. The van der Waals surface area contributed by atoms with Gasteiger partial charge < -0.3 is 4.90 Å². The van der Waals surface area contributed by atoms with E-state index >= 15 is 0 Å². The maximum absolute atomic E-state index is 13.1. The molecule has 4 aromatic rings. The van der Waals surface area contributed by atoms with Gasteiger partial charge in [0.2, 0.25) is 5.78 Å². The largest absolute Gasteiger partial charge is 0.332 e. The molecule has 4 heterocycles. The van der Waals surface area contributed by atoms with E-state index in [9.17, 15) is 14.4 Å². The zero-order valence-electron chi connectivity index (χ0n) is 16.2. The molecule has 28 heavy (non-hydrogen) atoms. The molecule has 0 N–H and O–H groups in total. The Balaban J connectivity index is 2.20. The summed E-state index contributed by atoms with van der Waals surface area (Å²) in [7, 11) is 6.91. The number of fused-ring (bicyclic) bond motifs is 5. The van der Waals surface area contributed by atoms with Crippen LogP contribution in [0.3, 0.4) is 0 Å². The van der Waals surface area contributed by atoms with Crippen molar-refractivity contribution in [2.75, 3.05) is 20.6 Å². The molecule has 0 radical (unpaired) electrons. The second-order valence-corrected chi connectivity index (χ2v) is 7.11. The van der Waals surface area contributed by atoms with Crippen LogP contribution in [0.5, 0.6) is 0 Å². The Hall–Kier alpha value is -3.27. The van der Waals surface area contributed by atoms with Crippen molar-refractivity contribution in [3.8, 4) is 0 Å². The fourth-order valence-electron chi connectivity index (χ4n) is 3.49. The van der Waals surface area contributed by atoms with Crippen molar-refractivity contribution >= 4 is 28.0 Å². The van der Waals surface area contributed by atoms with Gasteiger partial charge in [0.15, 0.2) is 16.8 Å². The molecule has 0 aliphatic carbocycles. The number of aromatic nitrogens is 6. The van der Waals surface area contributed by atoms with E-state index in [-0.39, 0.29) is 16.7 Å². The second-order valence-electron chi connectivity index (χ2n) is 7.11. The van der Waals surface area contributed by atoms with Gasteiger partial charge in [-0.3, -0.25) is 27.7 Å². The molecule has 4 aromatic heterocycles. The average Bonchev–Trinajstić information content (AvgIpc) is 3.08. The average molecular weight is 383 g/mol. The first-order valence-electron chi connectivity index (χ1n) is 8.93. The molecule has 4 rings (SSSR count). The molecular formula is C18H21N7O3. The summed E-state index contributed by atoms with van der Waals surface area (Å²) in [6.07, 6.45) is 2.30. The van der Waals surface area contributed by atoms with E-state index in [4.69, 9.17) is 0 Å². The van der Waals surface area contributed by atoms with Crippen LogP contribution in [0.25, 0.3) is 28.0 Å². The van der Waals surface area contributed by atoms with Gasteiger partial charge in [-0.25, -0.2) is 9.78 Å². The maximum Gasteiger partial charge on any atom is 0.332 e. The van der Waals surface area contributed by atoms with Crippen LogP contribution in [0.15, 0.2) is 32.7 Å². The predicted octanol–water partition coefficient (Wildman–Crippen LogP) is -0.453. The zero-order chi connectivity index (χ0) is 20.2. The standard InChI is InChI=1S/C18H21N7O3/c1-21(2)9-6-10-24-15(26)11-7-5-8-19-13(11)25-12-14(20-17(24)25)22(3)18(28)23(4)16(12)27/h5,7-8H,6,9-10H2,1-4H3. The van der Waals surface area contributed by atoms with Crippen LogP contribution >= 0.6 is 0 Å². The summed E-state index contributed by atoms with van der Waals surface area (Å²) in [5, 5.41) is 0.398. The van der Waals surface area contributed by atoms with Gasteiger partial charge in [-0.2, -0.15) is 4.98 Å². The molecule has 0 amide bonds. The normalized spacial score (nSPS) is 12.0. The topological polar surface area (TPSA) is 99.4 Å². The van der Waals surface area contributed by atoms with Gasteiger partial charge in [-0.05, 0) is 39.2 Å². The number of nitrogens with zero attached hydrogens (tertiary/aromatic N) is 7. The van der Waals surface area contributed by atoms with Gasteiger partial charge in [0, 0.05) is 26.8 Å². The van der Waals surface area contributed by atoms with Crippen molar-refractivity contribution in [2.24, 2.45) is 14.1 Å². The third-order valence-electron chi connectivity index (χ3n) is 4.94. The van der Waals surface area contributed by atoms with Gasteiger partial charge in [-0.15, -0.1) is 0 Å². The van der Waals surface area contributed by atoms with Crippen molar-refractivity contribution in [2.45, 2.75) is 13.0 Å². The summed E-state index contributed by atoms with van der Waals surface area (Å²) >= 11 is 0. The molecule has 0 unspecified atom stereocenters.